The first-order valence-corrected chi connectivity index (χ1v) is 10.9. The number of allylic oxidation sites excluding steroid dienone is 1. The Kier molecular flexibility index (Phi) is 5.31. The Morgan fingerprint density at radius 2 is 2.10 bits per heavy atom. The minimum absolute atomic E-state index is 0.234. The van der Waals surface area contributed by atoms with E-state index in [0.717, 1.165) is 48.6 Å². The third-order valence-corrected chi connectivity index (χ3v) is 5.82. The normalized spacial score (nSPS) is 15.1. The van der Waals surface area contributed by atoms with Crippen molar-refractivity contribution in [2.75, 3.05) is 0 Å². The Hall–Kier alpha value is -3.36. The molecule has 0 bridgehead atoms. The van der Waals surface area contributed by atoms with E-state index in [9.17, 15) is 4.79 Å². The zero-order chi connectivity index (χ0) is 21.2. The van der Waals surface area contributed by atoms with Gasteiger partial charge in [0.2, 0.25) is 0 Å². The Labute approximate surface area is 180 Å². The van der Waals surface area contributed by atoms with E-state index in [4.69, 9.17) is 0 Å². The molecule has 1 fully saturated rings. The highest BCUT2D eigenvalue weighted by atomic mass is 16.2. The van der Waals surface area contributed by atoms with Crippen molar-refractivity contribution < 1.29 is 4.79 Å². The second-order valence-corrected chi connectivity index (χ2v) is 8.44. The molecule has 2 aliphatic carbocycles. The molecule has 2 aliphatic rings. The average Bonchev–Trinajstić information content (AvgIpc) is 3.16. The summed E-state index contributed by atoms with van der Waals surface area (Å²) < 4.78 is 3.42. The number of nitrogens with one attached hydrogen (secondary N) is 1. The lowest BCUT2D eigenvalue weighted by Gasteiger charge is -2.03. The summed E-state index contributed by atoms with van der Waals surface area (Å²) in [6.07, 6.45) is 14.1. The highest BCUT2D eigenvalue weighted by molar-refractivity contribution is 5.91. The van der Waals surface area contributed by atoms with Crippen LogP contribution >= 0.6 is 0 Å². The molecule has 0 saturated heterocycles. The Bertz CT molecular complexity index is 1120. The fourth-order valence-electron chi connectivity index (χ4n) is 3.95. The lowest BCUT2D eigenvalue weighted by atomic mass is 10.1. The van der Waals surface area contributed by atoms with E-state index in [1.165, 1.54) is 24.0 Å². The van der Waals surface area contributed by atoms with Crippen molar-refractivity contribution in [3.63, 3.8) is 0 Å². The molecule has 1 amide bonds. The summed E-state index contributed by atoms with van der Waals surface area (Å²) in [5.41, 5.74) is 6.23. The van der Waals surface area contributed by atoms with Crippen LogP contribution in [0, 0.1) is 5.92 Å². The van der Waals surface area contributed by atoms with Crippen molar-refractivity contribution in [2.24, 2.45) is 13.0 Å². The Balaban J connectivity index is 1.07. The molecule has 9 heteroatoms. The lowest BCUT2D eigenvalue weighted by molar-refractivity contribution is 0.0946. The van der Waals surface area contributed by atoms with Crippen LogP contribution in [-0.2, 0) is 33.0 Å². The van der Waals surface area contributed by atoms with Crippen LogP contribution in [0.2, 0.25) is 0 Å². The highest BCUT2D eigenvalue weighted by Gasteiger charge is 2.29. The maximum absolute atomic E-state index is 12.2. The van der Waals surface area contributed by atoms with Crippen molar-refractivity contribution in [2.45, 2.75) is 51.6 Å². The van der Waals surface area contributed by atoms with Crippen molar-refractivity contribution in [3.05, 3.63) is 58.4 Å². The summed E-state index contributed by atoms with van der Waals surface area (Å²) >= 11 is 0. The molecule has 3 aromatic rings. The number of amides is 1. The van der Waals surface area contributed by atoms with E-state index >= 15 is 0 Å². The molecule has 0 aromatic carbocycles. The SMILES string of the molecule is Cn1cc(CNC(=O)c2cn(CCCCc3cc4c(nn3)CC(C3CC3)=C4)nn2)cn1. The van der Waals surface area contributed by atoms with Gasteiger partial charge in [-0.05, 0) is 49.7 Å². The Morgan fingerprint density at radius 1 is 1.19 bits per heavy atom. The van der Waals surface area contributed by atoms with E-state index < -0.39 is 0 Å². The van der Waals surface area contributed by atoms with Crippen molar-refractivity contribution in [1.29, 1.82) is 0 Å². The number of unbranched alkanes of at least 4 members (excludes halogenated alkanes) is 1. The van der Waals surface area contributed by atoms with Crippen LogP contribution in [-0.4, -0.2) is 40.9 Å². The Morgan fingerprint density at radius 3 is 2.90 bits per heavy atom. The van der Waals surface area contributed by atoms with Gasteiger partial charge < -0.3 is 5.32 Å². The second-order valence-electron chi connectivity index (χ2n) is 8.44. The molecule has 0 spiro atoms. The molecule has 3 heterocycles. The number of fused-ring (bicyclic) bond motifs is 1. The van der Waals surface area contributed by atoms with E-state index in [2.05, 4.69) is 43.1 Å². The maximum atomic E-state index is 12.2. The van der Waals surface area contributed by atoms with Gasteiger partial charge in [-0.2, -0.15) is 15.3 Å². The molecule has 9 nitrogen and oxygen atoms in total. The standard InChI is InChI=1S/C22H26N8O/c1-29-13-15(12-24-29)11-23-22(31)21-14-30(28-27-21)7-3-2-4-19-9-18-8-17(16-5-6-16)10-20(18)26-25-19/h8-9,12-14,16H,2-7,10-11H2,1H3,(H,23,31). The van der Waals surface area contributed by atoms with Gasteiger partial charge in [0.05, 0.1) is 23.8 Å². The summed E-state index contributed by atoms with van der Waals surface area (Å²) in [4.78, 5) is 12.2. The first-order chi connectivity index (χ1) is 15.1. The van der Waals surface area contributed by atoms with Crippen LogP contribution in [0.1, 0.15) is 58.7 Å². The number of hydrogen-bond donors (Lipinski definition) is 1. The van der Waals surface area contributed by atoms with Crippen LogP contribution in [0.15, 0.2) is 30.2 Å². The molecule has 1 saturated carbocycles. The molecule has 1 N–H and O–H groups in total. The average molecular weight is 419 g/mol. The minimum atomic E-state index is -0.234. The van der Waals surface area contributed by atoms with E-state index in [1.807, 2.05) is 13.2 Å². The first kappa shape index (κ1) is 19.6. The fourth-order valence-corrected chi connectivity index (χ4v) is 3.95. The zero-order valence-corrected chi connectivity index (χ0v) is 17.7. The fraction of sp³-hybridized carbons (Fsp3) is 0.455. The molecule has 31 heavy (non-hydrogen) atoms. The number of rotatable bonds is 9. The summed E-state index contributed by atoms with van der Waals surface area (Å²) in [6, 6.07) is 2.19. The van der Waals surface area contributed by atoms with E-state index in [0.29, 0.717) is 18.8 Å². The summed E-state index contributed by atoms with van der Waals surface area (Å²) in [7, 11) is 1.84. The topological polar surface area (TPSA) is 103 Å². The smallest absolute Gasteiger partial charge is 0.273 e. The van der Waals surface area contributed by atoms with Gasteiger partial charge in [0.1, 0.15) is 0 Å². The summed E-state index contributed by atoms with van der Waals surface area (Å²) in [5.74, 6) is 0.560. The molecule has 0 unspecified atom stereocenters. The molecule has 0 atom stereocenters. The van der Waals surface area contributed by atoms with E-state index in [-0.39, 0.29) is 5.91 Å². The highest BCUT2D eigenvalue weighted by Crippen LogP contribution is 2.41. The number of aromatic nitrogens is 7. The van der Waals surface area contributed by atoms with Gasteiger partial charge >= 0.3 is 0 Å². The van der Waals surface area contributed by atoms with Gasteiger partial charge in [0, 0.05) is 38.3 Å². The number of carbonyl (C=O) groups is 1. The lowest BCUT2D eigenvalue weighted by Crippen LogP contribution is -2.23. The van der Waals surface area contributed by atoms with Gasteiger partial charge in [-0.3, -0.25) is 14.2 Å². The summed E-state index contributed by atoms with van der Waals surface area (Å²) in [6.45, 7) is 1.13. The van der Waals surface area contributed by atoms with Crippen molar-refractivity contribution in [1.82, 2.24) is 40.3 Å². The van der Waals surface area contributed by atoms with Crippen LogP contribution in [0.4, 0.5) is 0 Å². The van der Waals surface area contributed by atoms with Gasteiger partial charge in [0.15, 0.2) is 5.69 Å². The molecule has 5 rings (SSSR count). The number of hydrogen-bond acceptors (Lipinski definition) is 6. The predicted octanol–water partition coefficient (Wildman–Crippen LogP) is 2.10. The maximum Gasteiger partial charge on any atom is 0.273 e. The number of aryl methyl sites for hydroxylation is 3. The van der Waals surface area contributed by atoms with Gasteiger partial charge in [-0.15, -0.1) is 5.10 Å². The zero-order valence-electron chi connectivity index (χ0n) is 17.7. The third kappa shape index (κ3) is 4.70. The van der Waals surface area contributed by atoms with Gasteiger partial charge in [-0.1, -0.05) is 16.9 Å². The quantitative estimate of drug-likeness (QED) is 0.534. The molecular formula is C22H26N8O. The van der Waals surface area contributed by atoms with Gasteiger partial charge in [-0.25, -0.2) is 0 Å². The minimum Gasteiger partial charge on any atom is -0.346 e. The largest absolute Gasteiger partial charge is 0.346 e. The van der Waals surface area contributed by atoms with Crippen LogP contribution < -0.4 is 5.32 Å². The van der Waals surface area contributed by atoms with Crippen molar-refractivity contribution in [3.8, 4) is 0 Å². The van der Waals surface area contributed by atoms with Crippen LogP contribution in [0.3, 0.4) is 0 Å². The molecule has 160 valence electrons. The molecule has 0 radical (unpaired) electrons. The van der Waals surface area contributed by atoms with Crippen LogP contribution in [0.5, 0.6) is 0 Å². The first-order valence-electron chi connectivity index (χ1n) is 10.9. The molecule has 3 aromatic heterocycles. The summed E-state index contributed by atoms with van der Waals surface area (Å²) in [5, 5.41) is 23.8. The predicted molar refractivity (Wildman–Crippen MR) is 114 cm³/mol. The van der Waals surface area contributed by atoms with Crippen molar-refractivity contribution >= 4 is 12.0 Å². The molecular weight excluding hydrogens is 392 g/mol. The van der Waals surface area contributed by atoms with Gasteiger partial charge in [0.25, 0.3) is 5.91 Å². The molecule has 0 aliphatic heterocycles. The third-order valence-electron chi connectivity index (χ3n) is 5.82. The van der Waals surface area contributed by atoms with Crippen LogP contribution in [0.25, 0.3) is 6.08 Å². The monoisotopic (exact) mass is 418 g/mol. The second kappa shape index (κ2) is 8.41. The van der Waals surface area contributed by atoms with E-state index in [1.54, 1.807) is 21.8 Å². The number of carbonyl (C=O) groups excluding carboxylic acids is 1. The number of nitrogens with zero attached hydrogens (tertiary/aromatic N) is 7.